The third-order valence-corrected chi connectivity index (χ3v) is 4.33. The molecule has 0 fully saturated rings. The van der Waals surface area contributed by atoms with Gasteiger partial charge in [-0.15, -0.1) is 0 Å². The van der Waals surface area contributed by atoms with Gasteiger partial charge < -0.3 is 5.32 Å². The number of nitrogens with one attached hydrogen (secondary N) is 1. The van der Waals surface area contributed by atoms with Crippen LogP contribution in [0.2, 0.25) is 0 Å². The molecule has 0 aliphatic carbocycles. The van der Waals surface area contributed by atoms with Gasteiger partial charge in [0.25, 0.3) is 11.8 Å². The molecule has 1 N–H and O–H groups in total. The molecule has 1 heterocycles. The van der Waals surface area contributed by atoms with Crippen LogP contribution in [0.1, 0.15) is 31.1 Å². The average Bonchev–Trinajstić information content (AvgIpc) is 2.85. The number of thioether (sulfide) groups is 1. The van der Waals surface area contributed by atoms with Crippen LogP contribution in [-0.2, 0) is 9.59 Å². The molecule has 0 radical (unpaired) electrons. The summed E-state index contributed by atoms with van der Waals surface area (Å²) >= 11 is 1.31. The molecule has 3 amide bonds. The number of carbonyl (C=O) groups excluding carboxylic acids is 3. The molecule has 6 nitrogen and oxygen atoms in total. The Balaban J connectivity index is 2.13. The summed E-state index contributed by atoms with van der Waals surface area (Å²) in [5.74, 6) is -0.717. The molecule has 1 aromatic rings. The second-order valence-electron chi connectivity index (χ2n) is 5.82. The average molecular weight is 333 g/mol. The summed E-state index contributed by atoms with van der Waals surface area (Å²) in [7, 11) is 0. The van der Waals surface area contributed by atoms with Crippen LogP contribution in [0.4, 0.5) is 0 Å². The van der Waals surface area contributed by atoms with Crippen LogP contribution in [0.5, 0.6) is 0 Å². The van der Waals surface area contributed by atoms with E-state index < -0.39 is 4.75 Å². The molecule has 7 heteroatoms. The molecule has 0 unspecified atom stereocenters. The second-order valence-corrected chi connectivity index (χ2v) is 7.49. The minimum Gasteiger partial charge on any atom is -0.355 e. The summed E-state index contributed by atoms with van der Waals surface area (Å²) in [5.41, 5.74) is 0.509. The summed E-state index contributed by atoms with van der Waals surface area (Å²) < 4.78 is -0.398. The Morgan fingerprint density at radius 1 is 1.30 bits per heavy atom. The van der Waals surface area contributed by atoms with Crippen molar-refractivity contribution in [1.29, 1.82) is 0 Å². The van der Waals surface area contributed by atoms with E-state index in [4.69, 9.17) is 0 Å². The first-order valence-corrected chi connectivity index (χ1v) is 8.02. The Morgan fingerprint density at radius 3 is 2.57 bits per heavy atom. The van der Waals surface area contributed by atoms with E-state index >= 15 is 0 Å². The summed E-state index contributed by atoms with van der Waals surface area (Å²) in [4.78, 5) is 40.7. The lowest BCUT2D eigenvalue weighted by Gasteiger charge is -2.27. The zero-order valence-electron chi connectivity index (χ0n) is 13.3. The van der Waals surface area contributed by atoms with E-state index in [1.807, 2.05) is 19.9 Å². The molecule has 23 heavy (non-hydrogen) atoms. The van der Waals surface area contributed by atoms with Crippen molar-refractivity contribution in [3.63, 3.8) is 0 Å². The number of hydrogen-bond acceptors (Lipinski definition) is 4. The Kier molecular flexibility index (Phi) is 5.20. The highest BCUT2D eigenvalue weighted by atomic mass is 32.2. The fraction of sp³-hybridized carbons (Fsp3) is 0.375. The summed E-state index contributed by atoms with van der Waals surface area (Å²) in [6, 6.07) is 8.78. The largest absolute Gasteiger partial charge is 0.355 e. The maximum Gasteiger partial charge on any atom is 0.268 e. The van der Waals surface area contributed by atoms with Crippen molar-refractivity contribution in [3.8, 4) is 0 Å². The van der Waals surface area contributed by atoms with Crippen LogP contribution in [0.25, 0.3) is 0 Å². The minimum absolute atomic E-state index is 0.0493. The molecule has 1 aromatic carbocycles. The normalized spacial score (nSPS) is 14.7. The Labute approximate surface area is 139 Å². The number of amidine groups is 1. The molecular weight excluding hydrogens is 314 g/mol. The molecule has 0 spiro atoms. The topological polar surface area (TPSA) is 78.8 Å². The van der Waals surface area contributed by atoms with Gasteiger partial charge in [-0.1, -0.05) is 30.0 Å². The van der Waals surface area contributed by atoms with E-state index in [-0.39, 0.29) is 24.3 Å². The van der Waals surface area contributed by atoms with E-state index in [1.165, 1.54) is 23.6 Å². The zero-order chi connectivity index (χ0) is 17.0. The maximum atomic E-state index is 12.6. The van der Waals surface area contributed by atoms with E-state index in [0.717, 1.165) is 0 Å². The highest BCUT2D eigenvalue weighted by molar-refractivity contribution is 8.15. The first-order valence-electron chi connectivity index (χ1n) is 7.20. The van der Waals surface area contributed by atoms with Crippen molar-refractivity contribution in [2.24, 2.45) is 4.99 Å². The second kappa shape index (κ2) is 6.95. The molecule has 0 bridgehead atoms. The van der Waals surface area contributed by atoms with Crippen LogP contribution in [0, 0.1) is 0 Å². The highest BCUT2D eigenvalue weighted by Gasteiger charge is 2.34. The molecule has 1 aliphatic heterocycles. The van der Waals surface area contributed by atoms with E-state index in [0.29, 0.717) is 17.3 Å². The van der Waals surface area contributed by atoms with Crippen molar-refractivity contribution in [1.82, 2.24) is 10.2 Å². The molecule has 0 aromatic heterocycles. The van der Waals surface area contributed by atoms with Crippen molar-refractivity contribution in [2.75, 3.05) is 13.1 Å². The lowest BCUT2D eigenvalue weighted by Crippen LogP contribution is -2.39. The number of nitrogens with zero attached hydrogens (tertiary/aromatic N) is 2. The Morgan fingerprint density at radius 2 is 1.96 bits per heavy atom. The number of hydrogen-bond donors (Lipinski definition) is 1. The number of rotatable bonds is 4. The third-order valence-electron chi connectivity index (χ3n) is 3.14. The van der Waals surface area contributed by atoms with E-state index in [1.54, 1.807) is 24.3 Å². The van der Waals surface area contributed by atoms with Gasteiger partial charge >= 0.3 is 0 Å². The quantitative estimate of drug-likeness (QED) is 0.909. The smallest absolute Gasteiger partial charge is 0.268 e. The van der Waals surface area contributed by atoms with E-state index in [9.17, 15) is 14.4 Å². The molecule has 0 saturated heterocycles. The molecule has 2 rings (SSSR count). The Bertz CT molecular complexity index is 656. The number of carbonyl (C=O) groups is 3. The van der Waals surface area contributed by atoms with Crippen LogP contribution in [0.3, 0.4) is 0 Å². The van der Waals surface area contributed by atoms with Crippen molar-refractivity contribution in [3.05, 3.63) is 35.9 Å². The highest BCUT2D eigenvalue weighted by Crippen LogP contribution is 2.29. The van der Waals surface area contributed by atoms with Crippen molar-refractivity contribution >= 4 is 34.7 Å². The van der Waals surface area contributed by atoms with Gasteiger partial charge in [0.15, 0.2) is 5.17 Å². The number of amides is 3. The monoisotopic (exact) mass is 333 g/mol. The van der Waals surface area contributed by atoms with Crippen molar-refractivity contribution < 1.29 is 14.4 Å². The molecule has 0 saturated carbocycles. The van der Waals surface area contributed by atoms with Gasteiger partial charge in [-0.2, -0.15) is 4.99 Å². The van der Waals surface area contributed by atoms with Gasteiger partial charge in [-0.25, -0.2) is 0 Å². The van der Waals surface area contributed by atoms with Crippen LogP contribution < -0.4 is 5.32 Å². The fourth-order valence-corrected chi connectivity index (χ4v) is 3.04. The molecule has 122 valence electrons. The number of benzene rings is 1. The fourth-order valence-electron chi connectivity index (χ4n) is 2.00. The predicted molar refractivity (Wildman–Crippen MR) is 90.3 cm³/mol. The van der Waals surface area contributed by atoms with Gasteiger partial charge in [0.2, 0.25) is 5.91 Å². The SMILES string of the molecule is CC(=O)NCC(C)(C)SC1=NC(=O)CN1C(=O)c1ccccc1. The third kappa shape index (κ3) is 4.66. The van der Waals surface area contributed by atoms with Gasteiger partial charge in [-0.05, 0) is 26.0 Å². The van der Waals surface area contributed by atoms with Gasteiger partial charge in [0.1, 0.15) is 6.54 Å². The lowest BCUT2D eigenvalue weighted by atomic mass is 10.2. The van der Waals surface area contributed by atoms with Crippen molar-refractivity contribution in [2.45, 2.75) is 25.5 Å². The predicted octanol–water partition coefficient (Wildman–Crippen LogP) is 1.67. The summed E-state index contributed by atoms with van der Waals surface area (Å²) in [5, 5.41) is 3.12. The minimum atomic E-state index is -0.398. The van der Waals surface area contributed by atoms with Gasteiger partial charge in [0.05, 0.1) is 0 Å². The van der Waals surface area contributed by atoms with E-state index in [2.05, 4.69) is 10.3 Å². The van der Waals surface area contributed by atoms with Gasteiger partial charge in [-0.3, -0.25) is 19.3 Å². The maximum absolute atomic E-state index is 12.6. The van der Waals surface area contributed by atoms with Crippen LogP contribution >= 0.6 is 11.8 Å². The standard InChI is InChI=1S/C16H19N3O3S/c1-11(20)17-10-16(2,3)23-15-18-13(21)9-19(15)14(22)12-7-5-4-6-8-12/h4-8H,9-10H2,1-3H3,(H,17,20). The first-order chi connectivity index (χ1) is 10.8. The van der Waals surface area contributed by atoms with Crippen LogP contribution in [-0.4, -0.2) is 45.6 Å². The summed E-state index contributed by atoms with van der Waals surface area (Å²) in [6.45, 7) is 5.65. The first kappa shape index (κ1) is 17.2. The zero-order valence-corrected chi connectivity index (χ0v) is 14.1. The Hall–Kier alpha value is -2.15. The molecule has 1 aliphatic rings. The van der Waals surface area contributed by atoms with Gasteiger partial charge in [0, 0.05) is 23.8 Å². The van der Waals surface area contributed by atoms with Crippen LogP contribution in [0.15, 0.2) is 35.3 Å². The molecule has 0 atom stereocenters. The molecular formula is C16H19N3O3S. The summed E-state index contributed by atoms with van der Waals surface area (Å²) in [6.07, 6.45) is 0. The lowest BCUT2D eigenvalue weighted by molar-refractivity contribution is -0.119. The number of aliphatic imine (C=N–C) groups is 1.